The molecule has 4 nitrogen and oxygen atoms in total. The van der Waals surface area contributed by atoms with Gasteiger partial charge in [-0.2, -0.15) is 0 Å². The molecule has 1 amide bonds. The van der Waals surface area contributed by atoms with Gasteiger partial charge in [0.2, 0.25) is 5.91 Å². The zero-order valence-electron chi connectivity index (χ0n) is 17.9. The molecule has 1 spiro atoms. The van der Waals surface area contributed by atoms with Gasteiger partial charge >= 0.3 is 0 Å². The molecular formula is C25H32N2O2S. The van der Waals surface area contributed by atoms with Gasteiger partial charge in [0, 0.05) is 31.9 Å². The molecule has 2 saturated heterocycles. The Morgan fingerprint density at radius 1 is 1.00 bits per heavy atom. The van der Waals surface area contributed by atoms with E-state index in [0.29, 0.717) is 12.5 Å². The molecule has 2 aliphatic rings. The molecule has 0 bridgehead atoms. The first-order valence-corrected chi connectivity index (χ1v) is 12.1. The Kier molecular flexibility index (Phi) is 7.00. The van der Waals surface area contributed by atoms with Gasteiger partial charge in [-0.25, -0.2) is 4.31 Å². The van der Waals surface area contributed by atoms with Crippen molar-refractivity contribution in [3.8, 4) is 11.5 Å². The van der Waals surface area contributed by atoms with Crippen LogP contribution in [0.2, 0.25) is 0 Å². The second-order valence-electron chi connectivity index (χ2n) is 8.47. The van der Waals surface area contributed by atoms with Gasteiger partial charge < -0.3 is 9.64 Å². The van der Waals surface area contributed by atoms with Crippen molar-refractivity contribution in [3.63, 3.8) is 0 Å². The van der Waals surface area contributed by atoms with E-state index >= 15 is 0 Å². The number of hydrogen-bond donors (Lipinski definition) is 0. The fraction of sp³-hybridized carbons (Fsp3) is 0.480. The third-order valence-electron chi connectivity index (χ3n) is 6.19. The quantitative estimate of drug-likeness (QED) is 0.399. The fourth-order valence-corrected chi connectivity index (χ4v) is 5.74. The van der Waals surface area contributed by atoms with Crippen LogP contribution in [0.25, 0.3) is 0 Å². The molecule has 2 heterocycles. The molecule has 1 atom stereocenters. The van der Waals surface area contributed by atoms with E-state index in [-0.39, 0.29) is 5.41 Å². The fourth-order valence-electron chi connectivity index (χ4n) is 4.47. The minimum absolute atomic E-state index is 0.159. The van der Waals surface area contributed by atoms with E-state index in [0.717, 1.165) is 56.0 Å². The van der Waals surface area contributed by atoms with Crippen molar-refractivity contribution in [2.24, 2.45) is 5.41 Å². The molecule has 4 rings (SSSR count). The molecule has 2 aromatic carbocycles. The number of ether oxygens (including phenoxy) is 1. The van der Waals surface area contributed by atoms with Crippen molar-refractivity contribution in [2.75, 3.05) is 25.4 Å². The van der Waals surface area contributed by atoms with Crippen LogP contribution in [0, 0.1) is 5.41 Å². The zero-order chi connectivity index (χ0) is 20.8. The normalized spacial score (nSPS) is 22.0. The SMILES string of the molecule is CCCCSN1CCCC2(CCN(Cc3ccc(Oc4ccccc4)cc3)C2=O)C1. The summed E-state index contributed by atoms with van der Waals surface area (Å²) in [7, 11) is 0. The van der Waals surface area contributed by atoms with Gasteiger partial charge in [0.25, 0.3) is 0 Å². The number of carbonyl (C=O) groups is 1. The number of rotatable bonds is 8. The summed E-state index contributed by atoms with van der Waals surface area (Å²) in [6.07, 6.45) is 5.64. The summed E-state index contributed by atoms with van der Waals surface area (Å²) in [5.74, 6) is 3.18. The Labute approximate surface area is 184 Å². The molecule has 2 aromatic rings. The lowest BCUT2D eigenvalue weighted by Crippen LogP contribution is -2.45. The van der Waals surface area contributed by atoms with Crippen LogP contribution in [0.15, 0.2) is 54.6 Å². The Hall–Kier alpha value is -1.98. The van der Waals surface area contributed by atoms with E-state index in [4.69, 9.17) is 4.74 Å². The molecule has 0 N–H and O–H groups in total. The number of benzene rings is 2. The highest BCUT2D eigenvalue weighted by molar-refractivity contribution is 7.97. The monoisotopic (exact) mass is 424 g/mol. The molecule has 5 heteroatoms. The first kappa shape index (κ1) is 21.3. The number of hydrogen-bond acceptors (Lipinski definition) is 4. The number of carbonyl (C=O) groups excluding carboxylic acids is 1. The van der Waals surface area contributed by atoms with Gasteiger partial charge in [-0.1, -0.05) is 55.6 Å². The smallest absolute Gasteiger partial charge is 0.230 e. The minimum atomic E-state index is -0.159. The lowest BCUT2D eigenvalue weighted by atomic mass is 9.79. The highest BCUT2D eigenvalue weighted by atomic mass is 32.2. The molecule has 160 valence electrons. The maximum Gasteiger partial charge on any atom is 0.230 e. The molecular weight excluding hydrogens is 392 g/mol. The predicted molar refractivity (Wildman–Crippen MR) is 124 cm³/mol. The second kappa shape index (κ2) is 9.88. The molecule has 30 heavy (non-hydrogen) atoms. The summed E-state index contributed by atoms with van der Waals surface area (Å²) in [6, 6.07) is 17.9. The van der Waals surface area contributed by atoms with E-state index in [1.807, 2.05) is 54.4 Å². The Bertz CT molecular complexity index is 827. The molecule has 2 fully saturated rings. The van der Waals surface area contributed by atoms with Crippen LogP contribution in [0.5, 0.6) is 11.5 Å². The van der Waals surface area contributed by atoms with Crippen LogP contribution in [0.4, 0.5) is 0 Å². The van der Waals surface area contributed by atoms with Gasteiger partial charge in [0.05, 0.1) is 5.41 Å². The van der Waals surface area contributed by atoms with Crippen LogP contribution in [0.3, 0.4) is 0 Å². The third-order valence-corrected chi connectivity index (χ3v) is 7.34. The van der Waals surface area contributed by atoms with E-state index in [1.54, 1.807) is 0 Å². The number of para-hydroxylation sites is 1. The first-order valence-electron chi connectivity index (χ1n) is 11.2. The number of nitrogens with zero attached hydrogens (tertiary/aromatic N) is 2. The Morgan fingerprint density at radius 2 is 1.77 bits per heavy atom. The third kappa shape index (κ3) is 5.01. The van der Waals surface area contributed by atoms with Crippen LogP contribution in [-0.2, 0) is 11.3 Å². The summed E-state index contributed by atoms with van der Waals surface area (Å²) in [5, 5.41) is 0. The average molecular weight is 425 g/mol. The van der Waals surface area contributed by atoms with Gasteiger partial charge in [-0.3, -0.25) is 4.79 Å². The van der Waals surface area contributed by atoms with Crippen molar-refractivity contribution in [3.05, 3.63) is 60.2 Å². The Balaban J connectivity index is 1.34. The molecule has 1 unspecified atom stereocenters. The summed E-state index contributed by atoms with van der Waals surface area (Å²) >= 11 is 1.94. The highest BCUT2D eigenvalue weighted by Gasteiger charge is 2.48. The Morgan fingerprint density at radius 3 is 2.53 bits per heavy atom. The predicted octanol–water partition coefficient (Wildman–Crippen LogP) is 5.74. The molecule has 0 aliphatic carbocycles. The van der Waals surface area contributed by atoms with Gasteiger partial charge in [0.15, 0.2) is 0 Å². The molecule has 0 saturated carbocycles. The number of piperidine rings is 1. The maximum atomic E-state index is 13.3. The minimum Gasteiger partial charge on any atom is -0.457 e. The number of likely N-dealkylation sites (tertiary alicyclic amines) is 1. The van der Waals surface area contributed by atoms with Crippen LogP contribution < -0.4 is 4.74 Å². The second-order valence-corrected chi connectivity index (χ2v) is 9.65. The first-order chi connectivity index (χ1) is 14.7. The number of unbranched alkanes of at least 4 members (excludes halogenated alkanes) is 1. The molecule has 0 radical (unpaired) electrons. The van der Waals surface area contributed by atoms with Crippen molar-refractivity contribution >= 4 is 17.9 Å². The van der Waals surface area contributed by atoms with Gasteiger partial charge in [-0.05, 0) is 55.5 Å². The van der Waals surface area contributed by atoms with Crippen LogP contribution in [-0.4, -0.2) is 40.5 Å². The standard InChI is InChI=1S/C25H32N2O2S/c1-2-3-18-30-27-16-7-14-25(20-27)15-17-26(24(25)28)19-21-10-12-23(13-11-21)29-22-8-5-4-6-9-22/h4-6,8-13H,2-3,7,14-20H2,1H3. The summed E-state index contributed by atoms with van der Waals surface area (Å²) in [4.78, 5) is 15.4. The lowest BCUT2D eigenvalue weighted by molar-refractivity contribution is -0.138. The number of amides is 1. The lowest BCUT2D eigenvalue weighted by Gasteiger charge is -2.38. The summed E-state index contributed by atoms with van der Waals surface area (Å²) < 4.78 is 8.33. The van der Waals surface area contributed by atoms with Crippen molar-refractivity contribution < 1.29 is 9.53 Å². The molecule has 2 aliphatic heterocycles. The maximum absolute atomic E-state index is 13.3. The topological polar surface area (TPSA) is 32.8 Å². The van der Waals surface area contributed by atoms with E-state index in [9.17, 15) is 4.79 Å². The van der Waals surface area contributed by atoms with Crippen molar-refractivity contribution in [2.45, 2.75) is 45.6 Å². The zero-order valence-corrected chi connectivity index (χ0v) is 18.7. The van der Waals surface area contributed by atoms with E-state index in [2.05, 4.69) is 28.3 Å². The average Bonchev–Trinajstić information content (AvgIpc) is 3.05. The highest BCUT2D eigenvalue weighted by Crippen LogP contribution is 2.42. The van der Waals surface area contributed by atoms with Gasteiger partial charge in [0.1, 0.15) is 11.5 Å². The van der Waals surface area contributed by atoms with Crippen LogP contribution in [0.1, 0.15) is 44.6 Å². The van der Waals surface area contributed by atoms with Gasteiger partial charge in [-0.15, -0.1) is 0 Å². The van der Waals surface area contributed by atoms with E-state index in [1.165, 1.54) is 18.6 Å². The molecule has 0 aromatic heterocycles. The van der Waals surface area contributed by atoms with E-state index < -0.39 is 0 Å². The largest absolute Gasteiger partial charge is 0.457 e. The summed E-state index contributed by atoms with van der Waals surface area (Å²) in [6.45, 7) is 5.83. The van der Waals surface area contributed by atoms with Crippen molar-refractivity contribution in [1.82, 2.24) is 9.21 Å². The van der Waals surface area contributed by atoms with Crippen LogP contribution >= 0.6 is 11.9 Å². The van der Waals surface area contributed by atoms with Crippen molar-refractivity contribution in [1.29, 1.82) is 0 Å². The summed E-state index contributed by atoms with van der Waals surface area (Å²) in [5.41, 5.74) is 0.999.